The van der Waals surface area contributed by atoms with Gasteiger partial charge in [-0.3, -0.25) is 0 Å². The van der Waals surface area contributed by atoms with E-state index >= 15 is 0 Å². The minimum Gasteiger partial charge on any atom is -0.439 e. The molecule has 2 aromatic carbocycles. The van der Waals surface area contributed by atoms with Crippen LogP contribution >= 0.6 is 12.4 Å². The number of aliphatic hydroxyl groups excluding tert-OH is 1. The van der Waals surface area contributed by atoms with Gasteiger partial charge in [-0.15, -0.1) is 12.4 Å². The Bertz CT molecular complexity index is 832. The number of hydrogen-bond donors (Lipinski definition) is 2. The zero-order chi connectivity index (χ0) is 17.8. The highest BCUT2D eigenvalue weighted by Gasteiger charge is 2.21. The van der Waals surface area contributed by atoms with E-state index in [1.54, 1.807) is 4.68 Å². The fourth-order valence-electron chi connectivity index (χ4n) is 2.74. The van der Waals surface area contributed by atoms with Crippen molar-refractivity contribution in [2.24, 2.45) is 12.8 Å². The molecule has 0 aliphatic rings. The van der Waals surface area contributed by atoms with Gasteiger partial charge < -0.3 is 15.6 Å². The van der Waals surface area contributed by atoms with E-state index in [4.69, 9.17) is 10.5 Å². The Labute approximate surface area is 159 Å². The predicted octanol–water partition coefficient (Wildman–Crippen LogP) is 3.47. The molecule has 138 valence electrons. The lowest BCUT2D eigenvalue weighted by Crippen LogP contribution is -2.27. The number of halogens is 1. The molecule has 1 atom stereocenters. The van der Waals surface area contributed by atoms with E-state index in [0.29, 0.717) is 12.3 Å². The second kappa shape index (κ2) is 8.85. The Morgan fingerprint density at radius 2 is 1.77 bits per heavy atom. The molecule has 0 amide bonds. The lowest BCUT2D eigenvalue weighted by molar-refractivity contribution is 0.264. The maximum atomic E-state index is 9.38. The number of aliphatic hydroxyl groups is 1. The van der Waals surface area contributed by atoms with E-state index in [1.807, 2.05) is 68.6 Å². The number of ether oxygens (including phenoxy) is 1. The predicted molar refractivity (Wildman–Crippen MR) is 106 cm³/mol. The molecule has 1 unspecified atom stereocenters. The molecule has 1 aromatic heterocycles. The summed E-state index contributed by atoms with van der Waals surface area (Å²) in [5.74, 6) is 1.39. The molecule has 0 aliphatic heterocycles. The molecule has 3 N–H and O–H groups in total. The summed E-state index contributed by atoms with van der Waals surface area (Å²) in [7, 11) is 1.85. The van der Waals surface area contributed by atoms with Gasteiger partial charge in [-0.05, 0) is 25.5 Å². The quantitative estimate of drug-likeness (QED) is 0.693. The molecule has 6 heteroatoms. The summed E-state index contributed by atoms with van der Waals surface area (Å²) >= 11 is 0. The van der Waals surface area contributed by atoms with Crippen molar-refractivity contribution < 1.29 is 9.84 Å². The van der Waals surface area contributed by atoms with Gasteiger partial charge in [0.1, 0.15) is 5.75 Å². The van der Waals surface area contributed by atoms with Crippen LogP contribution in [-0.2, 0) is 13.5 Å². The van der Waals surface area contributed by atoms with E-state index < -0.39 is 0 Å². The van der Waals surface area contributed by atoms with Crippen molar-refractivity contribution in [1.82, 2.24) is 9.78 Å². The van der Waals surface area contributed by atoms with Gasteiger partial charge in [-0.25, -0.2) is 4.68 Å². The number of rotatable bonds is 6. The molecule has 26 heavy (non-hydrogen) atoms. The lowest BCUT2D eigenvalue weighted by Gasteiger charge is -2.12. The van der Waals surface area contributed by atoms with Crippen molar-refractivity contribution in [3.05, 3.63) is 65.7 Å². The van der Waals surface area contributed by atoms with Crippen molar-refractivity contribution in [1.29, 1.82) is 0 Å². The van der Waals surface area contributed by atoms with Gasteiger partial charge in [0.25, 0.3) is 0 Å². The number of hydrogen-bond acceptors (Lipinski definition) is 4. The van der Waals surface area contributed by atoms with Gasteiger partial charge in [0, 0.05) is 24.2 Å². The summed E-state index contributed by atoms with van der Waals surface area (Å²) in [5, 5.41) is 14.0. The Balaban J connectivity index is 0.00000243. The zero-order valence-electron chi connectivity index (χ0n) is 14.9. The first-order valence-electron chi connectivity index (χ1n) is 8.30. The van der Waals surface area contributed by atoms with Crippen molar-refractivity contribution in [3.63, 3.8) is 0 Å². The highest BCUT2D eigenvalue weighted by atomic mass is 35.5. The summed E-state index contributed by atoms with van der Waals surface area (Å²) in [6, 6.07) is 17.4. The molecule has 0 saturated carbocycles. The maximum Gasteiger partial charge on any atom is 0.221 e. The third kappa shape index (κ3) is 4.43. The van der Waals surface area contributed by atoms with Crippen LogP contribution in [-0.4, -0.2) is 27.5 Å². The number of benzene rings is 2. The van der Waals surface area contributed by atoms with Gasteiger partial charge in [-0.2, -0.15) is 5.10 Å². The first-order valence-corrected chi connectivity index (χ1v) is 8.30. The monoisotopic (exact) mass is 373 g/mol. The molecule has 1 heterocycles. The minimum atomic E-state index is -0.368. The molecule has 0 spiro atoms. The highest BCUT2D eigenvalue weighted by molar-refractivity contribution is 5.85. The van der Waals surface area contributed by atoms with E-state index in [1.165, 1.54) is 5.56 Å². The Kier molecular flexibility index (Phi) is 6.80. The average molecular weight is 374 g/mol. The largest absolute Gasteiger partial charge is 0.439 e. The molecule has 3 rings (SSSR count). The van der Waals surface area contributed by atoms with Gasteiger partial charge in [-0.1, -0.05) is 48.0 Å². The molecule has 0 bridgehead atoms. The van der Waals surface area contributed by atoms with E-state index in [-0.39, 0.29) is 25.1 Å². The molecular formula is C20H24ClN3O2. The van der Waals surface area contributed by atoms with Crippen LogP contribution < -0.4 is 10.5 Å². The SMILES string of the molecule is Cc1ccc(Oc2c(CC(N)CO)c(-c3ccccc3)nn2C)cc1.Cl. The van der Waals surface area contributed by atoms with E-state index in [0.717, 1.165) is 22.6 Å². The van der Waals surface area contributed by atoms with Gasteiger partial charge >= 0.3 is 0 Å². The van der Waals surface area contributed by atoms with Crippen molar-refractivity contribution in [2.45, 2.75) is 19.4 Å². The van der Waals surface area contributed by atoms with Crippen LogP contribution in [0.4, 0.5) is 0 Å². The van der Waals surface area contributed by atoms with Gasteiger partial charge in [0.05, 0.1) is 12.3 Å². The van der Waals surface area contributed by atoms with E-state index in [2.05, 4.69) is 5.10 Å². The van der Waals surface area contributed by atoms with Crippen LogP contribution in [0, 0.1) is 6.92 Å². The normalized spacial score (nSPS) is 11.7. The van der Waals surface area contributed by atoms with Crippen LogP contribution in [0.25, 0.3) is 11.3 Å². The molecule has 0 saturated heterocycles. The number of aromatic nitrogens is 2. The average Bonchev–Trinajstić information content (AvgIpc) is 2.93. The first-order chi connectivity index (χ1) is 12.1. The number of aryl methyl sites for hydroxylation is 2. The van der Waals surface area contributed by atoms with Crippen molar-refractivity contribution in [2.75, 3.05) is 6.61 Å². The first kappa shape index (κ1) is 20.0. The second-order valence-corrected chi connectivity index (χ2v) is 6.18. The molecule has 0 aliphatic carbocycles. The molecule has 5 nitrogen and oxygen atoms in total. The van der Waals surface area contributed by atoms with Crippen LogP contribution in [0.5, 0.6) is 11.6 Å². The van der Waals surface area contributed by atoms with Crippen molar-refractivity contribution in [3.8, 4) is 22.9 Å². The summed E-state index contributed by atoms with van der Waals surface area (Å²) in [4.78, 5) is 0. The summed E-state index contributed by atoms with van der Waals surface area (Å²) in [5.41, 5.74) is 9.90. The summed E-state index contributed by atoms with van der Waals surface area (Å²) < 4.78 is 7.83. The summed E-state index contributed by atoms with van der Waals surface area (Å²) in [6.45, 7) is 1.94. The lowest BCUT2D eigenvalue weighted by atomic mass is 10.0. The van der Waals surface area contributed by atoms with E-state index in [9.17, 15) is 5.11 Å². The third-order valence-corrected chi connectivity index (χ3v) is 4.07. The molecule has 3 aromatic rings. The summed E-state index contributed by atoms with van der Waals surface area (Å²) in [6.07, 6.45) is 0.482. The Hall–Kier alpha value is -2.34. The Morgan fingerprint density at radius 1 is 1.12 bits per heavy atom. The smallest absolute Gasteiger partial charge is 0.221 e. The van der Waals surface area contributed by atoms with Crippen LogP contribution in [0.2, 0.25) is 0 Å². The second-order valence-electron chi connectivity index (χ2n) is 6.18. The van der Waals surface area contributed by atoms with Gasteiger partial charge in [0.15, 0.2) is 0 Å². The fourth-order valence-corrected chi connectivity index (χ4v) is 2.74. The molecular weight excluding hydrogens is 350 g/mol. The van der Waals surface area contributed by atoms with Crippen LogP contribution in [0.15, 0.2) is 54.6 Å². The van der Waals surface area contributed by atoms with Crippen LogP contribution in [0.3, 0.4) is 0 Å². The molecule has 0 fully saturated rings. The third-order valence-electron chi connectivity index (χ3n) is 4.07. The minimum absolute atomic E-state index is 0. The zero-order valence-corrected chi connectivity index (χ0v) is 15.7. The number of nitrogens with two attached hydrogens (primary N) is 1. The highest BCUT2D eigenvalue weighted by Crippen LogP contribution is 2.33. The number of nitrogens with zero attached hydrogens (tertiary/aromatic N) is 2. The standard InChI is InChI=1S/C20H23N3O2.ClH/c1-14-8-10-17(11-9-14)25-20-18(12-16(21)13-24)19(22-23(20)2)15-6-4-3-5-7-15;/h3-11,16,24H,12-13,21H2,1-2H3;1H. The van der Waals surface area contributed by atoms with Gasteiger partial charge in [0.2, 0.25) is 5.88 Å². The van der Waals surface area contributed by atoms with Crippen LogP contribution in [0.1, 0.15) is 11.1 Å². The van der Waals surface area contributed by atoms with Crippen molar-refractivity contribution >= 4 is 12.4 Å². The fraction of sp³-hybridized carbons (Fsp3) is 0.250. The Morgan fingerprint density at radius 3 is 2.38 bits per heavy atom. The maximum absolute atomic E-state index is 9.38. The molecule has 0 radical (unpaired) electrons. The topological polar surface area (TPSA) is 73.3 Å².